The molecule has 1 spiro atoms. The molecule has 57 heavy (non-hydrogen) atoms. The maximum absolute atomic E-state index is 16.5. The third-order valence-corrected chi connectivity index (χ3v) is 14.1. The first kappa shape index (κ1) is 38.5. The van der Waals surface area contributed by atoms with E-state index in [2.05, 4.69) is 0 Å². The van der Waals surface area contributed by atoms with Crippen molar-refractivity contribution in [2.24, 2.45) is 5.92 Å². The molecule has 1 saturated heterocycles. The van der Waals surface area contributed by atoms with E-state index in [4.69, 9.17) is 21.1 Å². The van der Waals surface area contributed by atoms with Gasteiger partial charge >= 0.3 is 0 Å². The van der Waals surface area contributed by atoms with E-state index in [1.54, 1.807) is 64.2 Å². The topological polar surface area (TPSA) is 99.6 Å². The number of ether oxygens (including phenoxy) is 2. The number of fused-ring (bicyclic) bond motifs is 4. The van der Waals surface area contributed by atoms with Crippen LogP contribution in [0.15, 0.2) is 121 Å². The third-order valence-electron chi connectivity index (χ3n) is 11.4. The average Bonchev–Trinajstić information content (AvgIpc) is 3.56. The summed E-state index contributed by atoms with van der Waals surface area (Å²) in [6.07, 6.45) is -1.04. The number of benzene rings is 5. The second kappa shape index (κ2) is 15.2. The van der Waals surface area contributed by atoms with Crippen LogP contribution in [0, 0.1) is 5.92 Å². The van der Waals surface area contributed by atoms with Gasteiger partial charge in [-0.05, 0) is 78.8 Å². The number of rotatable bonds is 10. The molecule has 1 N–H and O–H groups in total. The number of halogens is 2. The first-order chi connectivity index (χ1) is 27.4. The number of hydrogen-bond acceptors (Lipinski definition) is 6. The van der Waals surface area contributed by atoms with Crippen LogP contribution in [0.1, 0.15) is 40.4 Å². The highest BCUT2D eigenvalue weighted by molar-refractivity contribution is 6.72. The Balaban J connectivity index is 1.10. The zero-order valence-electron chi connectivity index (χ0n) is 31.9. The van der Waals surface area contributed by atoms with Crippen LogP contribution in [0.5, 0.6) is 11.5 Å². The number of aliphatic hydroxyl groups is 1. The van der Waals surface area contributed by atoms with Crippen molar-refractivity contribution in [3.8, 4) is 11.5 Å². The molecule has 8 rings (SSSR count). The van der Waals surface area contributed by atoms with Gasteiger partial charge in [0.05, 0.1) is 42.6 Å². The molecule has 0 unspecified atom stereocenters. The van der Waals surface area contributed by atoms with Crippen molar-refractivity contribution >= 4 is 54.8 Å². The Labute approximate surface area is 337 Å². The third kappa shape index (κ3) is 6.92. The number of hydrogen-bond donors (Lipinski definition) is 1. The summed E-state index contributed by atoms with van der Waals surface area (Å²) in [5.74, 6) is -0.488. The number of carbonyl (C=O) groups is 3. The molecule has 9 nitrogen and oxygen atoms in total. The van der Waals surface area contributed by atoms with E-state index in [1.807, 2.05) is 91.9 Å². The molecule has 0 aliphatic carbocycles. The van der Waals surface area contributed by atoms with Gasteiger partial charge in [0, 0.05) is 40.8 Å². The van der Waals surface area contributed by atoms with Crippen molar-refractivity contribution < 1.29 is 33.1 Å². The Morgan fingerprint density at radius 1 is 0.877 bits per heavy atom. The first-order valence-electron chi connectivity index (χ1n) is 19.1. The summed E-state index contributed by atoms with van der Waals surface area (Å²) < 4.78 is 29.5. The normalized spacial score (nSPS) is 21.2. The quantitative estimate of drug-likeness (QED) is 0.112. The molecule has 292 valence electrons. The largest absolute Gasteiger partial charge is 0.454 e. The smallest absolute Gasteiger partial charge is 0.266 e. The highest BCUT2D eigenvalue weighted by Gasteiger charge is 2.67. The van der Waals surface area contributed by atoms with E-state index in [1.165, 1.54) is 0 Å². The number of aliphatic hydroxyl groups excluding tert-OH is 1. The number of carbonyl (C=O) groups excluding carboxylic acids is 3. The molecule has 0 saturated carbocycles. The van der Waals surface area contributed by atoms with Crippen LogP contribution in [0.2, 0.25) is 23.7 Å². The van der Waals surface area contributed by atoms with Crippen molar-refractivity contribution in [3.05, 3.63) is 149 Å². The lowest BCUT2D eigenvalue weighted by atomic mass is 9.82. The van der Waals surface area contributed by atoms with Gasteiger partial charge in [0.2, 0.25) is 14.3 Å². The molecular weight excluding hydrogens is 761 g/mol. The lowest BCUT2D eigenvalue weighted by molar-refractivity contribution is -0.150. The molecule has 3 heterocycles. The number of para-hydroxylation sites is 3. The van der Waals surface area contributed by atoms with Crippen LogP contribution < -0.4 is 14.5 Å². The molecule has 3 aliphatic rings. The van der Waals surface area contributed by atoms with Gasteiger partial charge in [0.1, 0.15) is 5.75 Å². The van der Waals surface area contributed by atoms with Gasteiger partial charge < -0.3 is 28.5 Å². The van der Waals surface area contributed by atoms with Gasteiger partial charge in [-0.25, -0.2) is 0 Å². The van der Waals surface area contributed by atoms with Crippen molar-refractivity contribution in [2.45, 2.75) is 56.8 Å². The summed E-state index contributed by atoms with van der Waals surface area (Å²) in [6.45, 7) is 5.34. The zero-order valence-corrected chi connectivity index (χ0v) is 33.7. The standard InChI is InChI=1S/C45H43ClFN3O6Si/c1-29-42(57(2,3)47)40(26-41(52)48(23-24-51)27-30-11-5-4-6-12-30)56-45(29)35-25-32(46)19-22-36(35)49(44(45)54)28-31-17-20-33(21-18-31)50-37-14-8-10-16-39(37)55-38-15-9-7-13-34(38)43(50)53/h4-22,25,29,40,42,51H,23-24,26-28H2,1-3H3/t29-,40+,42-,45+/m1/s1. The van der Waals surface area contributed by atoms with Crippen LogP contribution in [-0.4, -0.2) is 55.4 Å². The van der Waals surface area contributed by atoms with Crippen molar-refractivity contribution in [1.29, 1.82) is 0 Å². The van der Waals surface area contributed by atoms with E-state index in [0.29, 0.717) is 44.7 Å². The molecular formula is C45H43ClFN3O6Si. The van der Waals surface area contributed by atoms with Crippen molar-refractivity contribution in [1.82, 2.24) is 4.90 Å². The van der Waals surface area contributed by atoms with Crippen LogP contribution in [-0.2, 0) is 33.0 Å². The minimum Gasteiger partial charge on any atom is -0.454 e. The second-order valence-corrected chi connectivity index (χ2v) is 19.7. The molecule has 3 aliphatic heterocycles. The fourth-order valence-electron chi connectivity index (χ4n) is 8.89. The molecule has 0 aromatic heterocycles. The molecule has 5 aromatic rings. The summed E-state index contributed by atoms with van der Waals surface area (Å²) in [7, 11) is -3.57. The van der Waals surface area contributed by atoms with E-state index in [9.17, 15) is 19.5 Å². The Morgan fingerprint density at radius 2 is 1.56 bits per heavy atom. The SMILES string of the molecule is C[C@@H]1[C@@H]([Si](C)(C)F)[C@H](CC(=O)N(CCO)Cc2ccccc2)O[C@@]12C(=O)N(Cc1ccc(N3C(=O)c4ccccc4Oc4ccccc43)cc1)c1ccc(Cl)cc12. The molecule has 12 heteroatoms. The molecule has 0 radical (unpaired) electrons. The van der Waals surface area contributed by atoms with E-state index in [0.717, 1.165) is 11.1 Å². The van der Waals surface area contributed by atoms with E-state index < -0.39 is 31.6 Å². The van der Waals surface area contributed by atoms with Gasteiger partial charge in [-0.15, -0.1) is 0 Å². The predicted octanol–water partition coefficient (Wildman–Crippen LogP) is 9.16. The molecule has 5 aromatic carbocycles. The van der Waals surface area contributed by atoms with Gasteiger partial charge in [-0.3, -0.25) is 19.3 Å². The minimum atomic E-state index is -3.57. The second-order valence-electron chi connectivity index (χ2n) is 15.4. The van der Waals surface area contributed by atoms with Gasteiger partial charge in [0.25, 0.3) is 11.8 Å². The maximum atomic E-state index is 16.5. The fraction of sp³-hybridized carbons (Fsp3) is 0.267. The Hall–Kier alpha value is -5.33. The monoisotopic (exact) mass is 803 g/mol. The summed E-state index contributed by atoms with van der Waals surface area (Å²) in [5.41, 5.74) is 2.19. The Morgan fingerprint density at radius 3 is 2.28 bits per heavy atom. The molecule has 4 atom stereocenters. The summed E-state index contributed by atoms with van der Waals surface area (Å²) in [4.78, 5) is 47.8. The van der Waals surface area contributed by atoms with Gasteiger partial charge in [-0.1, -0.05) is 85.3 Å². The van der Waals surface area contributed by atoms with Crippen LogP contribution >= 0.6 is 11.6 Å². The zero-order chi connectivity index (χ0) is 40.1. The van der Waals surface area contributed by atoms with Gasteiger partial charge in [0.15, 0.2) is 11.4 Å². The van der Waals surface area contributed by atoms with Crippen molar-refractivity contribution in [2.75, 3.05) is 23.0 Å². The van der Waals surface area contributed by atoms with Gasteiger partial charge in [-0.2, -0.15) is 0 Å². The lowest BCUT2D eigenvalue weighted by Crippen LogP contribution is -2.45. The summed E-state index contributed by atoms with van der Waals surface area (Å²) >= 11 is 6.59. The molecule has 3 amide bonds. The molecule has 0 bridgehead atoms. The Kier molecular flexibility index (Phi) is 10.3. The molecule has 1 fully saturated rings. The van der Waals surface area contributed by atoms with Crippen molar-refractivity contribution in [3.63, 3.8) is 0 Å². The number of anilines is 3. The lowest BCUT2D eigenvalue weighted by Gasteiger charge is -2.31. The first-order valence-corrected chi connectivity index (χ1v) is 22.4. The van der Waals surface area contributed by atoms with Crippen LogP contribution in [0.4, 0.5) is 21.2 Å². The highest BCUT2D eigenvalue weighted by Crippen LogP contribution is 2.60. The highest BCUT2D eigenvalue weighted by atomic mass is 35.5. The average molecular weight is 804 g/mol. The Bertz CT molecular complexity index is 2340. The van der Waals surface area contributed by atoms with Crippen LogP contribution in [0.25, 0.3) is 0 Å². The van der Waals surface area contributed by atoms with Crippen LogP contribution in [0.3, 0.4) is 0 Å². The fourth-order valence-corrected chi connectivity index (χ4v) is 11.6. The number of nitrogens with zero attached hydrogens (tertiary/aromatic N) is 3. The summed E-state index contributed by atoms with van der Waals surface area (Å²) in [5, 5.41) is 10.3. The van der Waals surface area contributed by atoms with E-state index >= 15 is 4.11 Å². The predicted molar refractivity (Wildman–Crippen MR) is 220 cm³/mol. The maximum Gasteiger partial charge on any atom is 0.266 e. The summed E-state index contributed by atoms with van der Waals surface area (Å²) in [6, 6.07) is 36.6. The number of amides is 3. The minimum absolute atomic E-state index is 0.103. The van der Waals surface area contributed by atoms with E-state index in [-0.39, 0.29) is 50.4 Å².